The van der Waals surface area contributed by atoms with Crippen LogP contribution in [-0.2, 0) is 4.79 Å². The maximum Gasteiger partial charge on any atom is 0.303 e. The lowest BCUT2D eigenvalue weighted by Gasteiger charge is -2.33. The second-order valence-electron chi connectivity index (χ2n) is 6.70. The Balaban J connectivity index is 1.70. The molecule has 0 radical (unpaired) electrons. The highest BCUT2D eigenvalue weighted by Gasteiger charge is 2.25. The van der Waals surface area contributed by atoms with Crippen LogP contribution in [0.2, 0.25) is 0 Å². The summed E-state index contributed by atoms with van der Waals surface area (Å²) in [5.41, 5.74) is 8.77. The van der Waals surface area contributed by atoms with Crippen LogP contribution >= 0.6 is 15.9 Å². The van der Waals surface area contributed by atoms with E-state index in [4.69, 9.17) is 15.8 Å². The number of aromatic nitrogens is 4. The van der Waals surface area contributed by atoms with Gasteiger partial charge in [0.2, 0.25) is 0 Å². The lowest BCUT2D eigenvalue weighted by atomic mass is 9.94. The highest BCUT2D eigenvalue weighted by Crippen LogP contribution is 2.35. The van der Waals surface area contributed by atoms with E-state index in [1.54, 1.807) is 23.1 Å². The number of nitrogen functional groups attached to an aromatic ring is 1. The van der Waals surface area contributed by atoms with E-state index in [0.29, 0.717) is 15.9 Å². The van der Waals surface area contributed by atoms with Crippen molar-refractivity contribution < 1.29 is 9.90 Å². The first-order valence-corrected chi connectivity index (χ1v) is 9.53. The fourth-order valence-electron chi connectivity index (χ4n) is 3.51. The first-order valence-electron chi connectivity index (χ1n) is 8.74. The molecule has 0 atom stereocenters. The van der Waals surface area contributed by atoms with E-state index < -0.39 is 5.97 Å². The van der Waals surface area contributed by atoms with Crippen molar-refractivity contribution in [1.82, 2.24) is 19.6 Å². The Morgan fingerprint density at radius 1 is 1.33 bits per heavy atom. The van der Waals surface area contributed by atoms with E-state index in [2.05, 4.69) is 30.9 Å². The zero-order valence-corrected chi connectivity index (χ0v) is 16.1. The highest BCUT2D eigenvalue weighted by atomic mass is 79.9. The Hall–Kier alpha value is -2.68. The third-order valence-electron chi connectivity index (χ3n) is 4.95. The Morgan fingerprint density at radius 2 is 2.11 bits per heavy atom. The predicted molar refractivity (Wildman–Crippen MR) is 106 cm³/mol. The van der Waals surface area contributed by atoms with Crippen LogP contribution in [0, 0.1) is 5.92 Å². The molecule has 1 aliphatic rings. The molecule has 1 aliphatic heterocycles. The molecule has 1 fully saturated rings. The first-order chi connectivity index (χ1) is 13.0. The van der Waals surface area contributed by atoms with Crippen molar-refractivity contribution in [1.29, 1.82) is 0 Å². The Morgan fingerprint density at radius 3 is 2.78 bits per heavy atom. The summed E-state index contributed by atoms with van der Waals surface area (Å²) in [6.07, 6.45) is 7.09. The van der Waals surface area contributed by atoms with Gasteiger partial charge in [0.1, 0.15) is 16.1 Å². The molecule has 9 heteroatoms. The molecule has 0 unspecified atom stereocenters. The molecule has 4 heterocycles. The Kier molecular flexibility index (Phi) is 4.69. The third kappa shape index (κ3) is 3.34. The van der Waals surface area contributed by atoms with Crippen LogP contribution in [0.3, 0.4) is 0 Å². The Bertz CT molecular complexity index is 982. The van der Waals surface area contributed by atoms with Gasteiger partial charge in [0, 0.05) is 43.0 Å². The topological polar surface area (TPSA) is 110 Å². The van der Waals surface area contributed by atoms with Crippen LogP contribution in [0.5, 0.6) is 0 Å². The van der Waals surface area contributed by atoms with Crippen LogP contribution in [0.4, 0.5) is 11.6 Å². The van der Waals surface area contributed by atoms with Crippen molar-refractivity contribution >= 4 is 39.2 Å². The van der Waals surface area contributed by atoms with Crippen LogP contribution in [-0.4, -0.2) is 43.7 Å². The summed E-state index contributed by atoms with van der Waals surface area (Å²) in [5.74, 6) is 0.718. The zero-order chi connectivity index (χ0) is 19.0. The van der Waals surface area contributed by atoms with E-state index in [9.17, 15) is 4.79 Å². The second kappa shape index (κ2) is 7.15. The van der Waals surface area contributed by atoms with Gasteiger partial charge >= 0.3 is 5.97 Å². The molecule has 0 bridgehead atoms. The zero-order valence-electron chi connectivity index (χ0n) is 14.5. The van der Waals surface area contributed by atoms with Crippen LogP contribution in [0.15, 0.2) is 35.2 Å². The molecule has 3 aromatic heterocycles. The number of halogens is 1. The summed E-state index contributed by atoms with van der Waals surface area (Å²) in [5, 5.41) is 13.4. The number of hydrogen-bond donors (Lipinski definition) is 2. The minimum Gasteiger partial charge on any atom is -0.481 e. The van der Waals surface area contributed by atoms with Crippen molar-refractivity contribution in [3.8, 4) is 11.1 Å². The van der Waals surface area contributed by atoms with E-state index in [1.807, 2.05) is 12.1 Å². The van der Waals surface area contributed by atoms with Gasteiger partial charge in [-0.1, -0.05) is 6.07 Å². The minimum absolute atomic E-state index is 0.208. The number of carboxylic acids is 1. The largest absolute Gasteiger partial charge is 0.481 e. The van der Waals surface area contributed by atoms with Crippen molar-refractivity contribution in [3.05, 3.63) is 35.2 Å². The number of nitrogens with zero attached hydrogens (tertiary/aromatic N) is 5. The highest BCUT2D eigenvalue weighted by molar-refractivity contribution is 9.10. The van der Waals surface area contributed by atoms with E-state index in [1.165, 1.54) is 0 Å². The number of pyridine rings is 1. The normalized spacial score (nSPS) is 15.4. The lowest BCUT2D eigenvalue weighted by Crippen LogP contribution is -2.35. The minimum atomic E-state index is -0.737. The van der Waals surface area contributed by atoms with Crippen molar-refractivity contribution in [3.63, 3.8) is 0 Å². The SMILES string of the molecule is Nc1c(Br)c(N2CCC(CC(=O)O)CC2)nc2c(-c3cccnc3)cnn12. The number of rotatable bonds is 4. The quantitative estimate of drug-likeness (QED) is 0.654. The van der Waals surface area contributed by atoms with Gasteiger partial charge in [-0.3, -0.25) is 9.78 Å². The Labute approximate surface area is 164 Å². The summed E-state index contributed by atoms with van der Waals surface area (Å²) in [6.45, 7) is 1.49. The maximum absolute atomic E-state index is 10.9. The lowest BCUT2D eigenvalue weighted by molar-refractivity contribution is -0.138. The van der Waals surface area contributed by atoms with Crippen LogP contribution in [0.25, 0.3) is 16.8 Å². The molecular weight excluding hydrogens is 412 g/mol. The molecular formula is C18H19BrN6O2. The first kappa shape index (κ1) is 17.7. The number of anilines is 2. The molecule has 8 nitrogen and oxygen atoms in total. The molecule has 4 rings (SSSR count). The summed E-state index contributed by atoms with van der Waals surface area (Å²) in [7, 11) is 0. The van der Waals surface area contributed by atoms with Gasteiger partial charge in [-0.15, -0.1) is 0 Å². The van der Waals surface area contributed by atoms with Crippen molar-refractivity contribution in [2.45, 2.75) is 19.3 Å². The average molecular weight is 431 g/mol. The molecule has 3 N–H and O–H groups in total. The van der Waals surface area contributed by atoms with Gasteiger partial charge in [-0.2, -0.15) is 9.61 Å². The second-order valence-corrected chi connectivity index (χ2v) is 7.49. The van der Waals surface area contributed by atoms with Crippen LogP contribution < -0.4 is 10.6 Å². The fraction of sp³-hybridized carbons (Fsp3) is 0.333. The maximum atomic E-state index is 10.9. The number of nitrogens with two attached hydrogens (primary N) is 1. The average Bonchev–Trinajstić information content (AvgIpc) is 3.10. The van der Waals surface area contributed by atoms with Gasteiger partial charge in [0.15, 0.2) is 5.65 Å². The number of aliphatic carboxylic acids is 1. The van der Waals surface area contributed by atoms with Gasteiger partial charge in [0.05, 0.1) is 6.20 Å². The molecule has 3 aromatic rings. The summed E-state index contributed by atoms with van der Waals surface area (Å²) < 4.78 is 2.32. The molecule has 140 valence electrons. The van der Waals surface area contributed by atoms with Gasteiger partial charge < -0.3 is 15.7 Å². The van der Waals surface area contributed by atoms with Crippen molar-refractivity contribution in [2.75, 3.05) is 23.7 Å². The van der Waals surface area contributed by atoms with Gasteiger partial charge in [0.25, 0.3) is 0 Å². The molecule has 27 heavy (non-hydrogen) atoms. The molecule has 0 aliphatic carbocycles. The van der Waals surface area contributed by atoms with Gasteiger partial charge in [-0.25, -0.2) is 4.98 Å². The van der Waals surface area contributed by atoms with E-state index in [-0.39, 0.29) is 12.3 Å². The van der Waals surface area contributed by atoms with Crippen molar-refractivity contribution in [2.24, 2.45) is 5.92 Å². The number of fused-ring (bicyclic) bond motifs is 1. The molecule has 1 saturated heterocycles. The number of hydrogen-bond acceptors (Lipinski definition) is 6. The van der Waals surface area contributed by atoms with Gasteiger partial charge in [-0.05, 0) is 40.8 Å². The number of piperidine rings is 1. The standard InChI is InChI=1S/C18H19BrN6O2/c19-15-16(20)25-17(13(10-22-25)12-2-1-5-21-9-12)23-18(15)24-6-3-11(4-7-24)8-14(26)27/h1-2,5,9-11H,3-4,6-8,20H2,(H,26,27). The smallest absolute Gasteiger partial charge is 0.303 e. The molecule has 0 saturated carbocycles. The predicted octanol–water partition coefficient (Wildman–Crippen LogP) is 2.83. The van der Waals surface area contributed by atoms with Crippen LogP contribution in [0.1, 0.15) is 19.3 Å². The third-order valence-corrected chi connectivity index (χ3v) is 5.72. The number of carbonyl (C=O) groups is 1. The monoisotopic (exact) mass is 430 g/mol. The van der Waals surface area contributed by atoms with E-state index in [0.717, 1.165) is 42.9 Å². The molecule has 0 spiro atoms. The summed E-state index contributed by atoms with van der Waals surface area (Å²) >= 11 is 3.56. The van der Waals surface area contributed by atoms with E-state index >= 15 is 0 Å². The summed E-state index contributed by atoms with van der Waals surface area (Å²) in [4.78, 5) is 22.1. The number of carboxylic acid groups (broad SMARTS) is 1. The fourth-order valence-corrected chi connectivity index (χ4v) is 4.02. The molecule has 0 amide bonds. The summed E-state index contributed by atoms with van der Waals surface area (Å²) in [6, 6.07) is 3.83. The molecule has 0 aromatic carbocycles.